The normalized spacial score (nSPS) is 13.7. The molecule has 0 radical (unpaired) electrons. The zero-order valence-electron chi connectivity index (χ0n) is 13.7. The Balaban J connectivity index is 1.81. The Labute approximate surface area is 145 Å². The van der Waals surface area contributed by atoms with E-state index in [4.69, 9.17) is 10.5 Å². The van der Waals surface area contributed by atoms with Crippen molar-refractivity contribution in [2.75, 3.05) is 18.5 Å². The van der Waals surface area contributed by atoms with Crippen LogP contribution >= 0.6 is 0 Å². The van der Waals surface area contributed by atoms with Gasteiger partial charge in [0.15, 0.2) is 11.6 Å². The van der Waals surface area contributed by atoms with E-state index in [1.165, 1.54) is 0 Å². The average molecular weight is 338 g/mol. The molecule has 0 aromatic heterocycles. The van der Waals surface area contributed by atoms with Gasteiger partial charge in [0.25, 0.3) is 0 Å². The van der Waals surface area contributed by atoms with Crippen LogP contribution in [0.3, 0.4) is 0 Å². The van der Waals surface area contributed by atoms with E-state index < -0.39 is 12.0 Å². The van der Waals surface area contributed by atoms with Gasteiger partial charge in [-0.15, -0.1) is 0 Å². The van der Waals surface area contributed by atoms with E-state index in [-0.39, 0.29) is 18.2 Å². The fourth-order valence-corrected chi connectivity index (χ4v) is 2.76. The highest BCUT2D eigenvalue weighted by molar-refractivity contribution is 6.30. The second kappa shape index (κ2) is 6.86. The third-order valence-electron chi connectivity index (χ3n) is 3.99. The molecule has 0 aliphatic heterocycles. The van der Waals surface area contributed by atoms with Gasteiger partial charge in [-0.3, -0.25) is 14.4 Å². The maximum absolute atomic E-state index is 12.8. The number of ketones is 2. The highest BCUT2D eigenvalue weighted by Gasteiger charge is 2.31. The Bertz CT molecular complexity index is 858. The lowest BCUT2D eigenvalue weighted by atomic mass is 9.83. The van der Waals surface area contributed by atoms with Crippen molar-refractivity contribution in [3.63, 3.8) is 0 Å². The number of carbonyl (C=O) groups excluding carboxylic acids is 3. The third kappa shape index (κ3) is 3.16. The summed E-state index contributed by atoms with van der Waals surface area (Å²) < 4.78 is 5.00. The molecule has 2 aromatic rings. The number of benzene rings is 2. The second-order valence-corrected chi connectivity index (χ2v) is 5.81. The number of ether oxygens (including phenoxy) is 1. The first-order valence-electron chi connectivity index (χ1n) is 7.98. The van der Waals surface area contributed by atoms with Crippen LogP contribution in [-0.2, 0) is 9.53 Å². The standard InChI is InChI=1S/C19H18N2O4/c1-11(20)19(24)25-10-9-21-15-8-4-7-14-16(15)18(23)13-6-3-2-5-12(13)17(14)22/h2-8,11,21H,9-10,20H2,1H3/t11-/m1/s1. The summed E-state index contributed by atoms with van der Waals surface area (Å²) in [6.07, 6.45) is 0. The van der Waals surface area contributed by atoms with E-state index in [1.54, 1.807) is 49.4 Å². The van der Waals surface area contributed by atoms with Crippen LogP contribution in [0.1, 0.15) is 38.8 Å². The predicted molar refractivity (Wildman–Crippen MR) is 92.8 cm³/mol. The van der Waals surface area contributed by atoms with Crippen molar-refractivity contribution in [1.82, 2.24) is 0 Å². The van der Waals surface area contributed by atoms with E-state index in [0.29, 0.717) is 34.5 Å². The molecular formula is C19H18N2O4. The minimum atomic E-state index is -0.680. The van der Waals surface area contributed by atoms with Crippen molar-refractivity contribution in [2.45, 2.75) is 13.0 Å². The van der Waals surface area contributed by atoms with Crippen LogP contribution in [0.15, 0.2) is 42.5 Å². The summed E-state index contributed by atoms with van der Waals surface area (Å²) in [5.74, 6) is -0.852. The molecular weight excluding hydrogens is 320 g/mol. The van der Waals surface area contributed by atoms with Crippen molar-refractivity contribution in [3.05, 3.63) is 64.7 Å². The van der Waals surface area contributed by atoms with Crippen LogP contribution in [-0.4, -0.2) is 36.7 Å². The maximum atomic E-state index is 12.8. The van der Waals surface area contributed by atoms with Crippen LogP contribution in [0.2, 0.25) is 0 Å². The number of nitrogens with two attached hydrogens (primary N) is 1. The second-order valence-electron chi connectivity index (χ2n) is 5.81. The molecule has 6 nitrogen and oxygen atoms in total. The van der Waals surface area contributed by atoms with Crippen LogP contribution in [0.25, 0.3) is 0 Å². The van der Waals surface area contributed by atoms with Crippen molar-refractivity contribution in [3.8, 4) is 0 Å². The van der Waals surface area contributed by atoms with Crippen LogP contribution < -0.4 is 11.1 Å². The number of nitrogens with one attached hydrogen (secondary N) is 1. The fourth-order valence-electron chi connectivity index (χ4n) is 2.76. The number of rotatable bonds is 5. The first kappa shape index (κ1) is 16.9. The molecule has 0 unspecified atom stereocenters. The molecule has 0 amide bonds. The molecule has 0 spiro atoms. The number of anilines is 1. The molecule has 0 saturated carbocycles. The summed E-state index contributed by atoms with van der Waals surface area (Å²) in [6, 6.07) is 11.2. The molecule has 3 rings (SSSR count). The number of hydrogen-bond acceptors (Lipinski definition) is 6. The lowest BCUT2D eigenvalue weighted by Crippen LogP contribution is -2.30. The van der Waals surface area contributed by atoms with E-state index in [1.807, 2.05) is 0 Å². The van der Waals surface area contributed by atoms with E-state index in [0.717, 1.165) is 0 Å². The van der Waals surface area contributed by atoms with Crippen LogP contribution in [0.4, 0.5) is 5.69 Å². The fraction of sp³-hybridized carbons (Fsp3) is 0.211. The smallest absolute Gasteiger partial charge is 0.322 e. The summed E-state index contributed by atoms with van der Waals surface area (Å²) in [5.41, 5.74) is 7.51. The Kier molecular flexibility index (Phi) is 4.63. The number of fused-ring (bicyclic) bond motifs is 2. The Morgan fingerprint density at radius 1 is 1.04 bits per heavy atom. The lowest BCUT2D eigenvalue weighted by molar-refractivity contribution is -0.144. The number of esters is 1. The van der Waals surface area contributed by atoms with Gasteiger partial charge < -0.3 is 15.8 Å². The van der Waals surface area contributed by atoms with Gasteiger partial charge in [0.2, 0.25) is 0 Å². The lowest BCUT2D eigenvalue weighted by Gasteiger charge is -2.20. The number of hydrogen-bond donors (Lipinski definition) is 2. The highest BCUT2D eigenvalue weighted by Crippen LogP contribution is 2.31. The summed E-state index contributed by atoms with van der Waals surface area (Å²) in [5, 5.41) is 3.06. The van der Waals surface area contributed by atoms with E-state index in [9.17, 15) is 14.4 Å². The molecule has 1 atom stereocenters. The van der Waals surface area contributed by atoms with Gasteiger partial charge in [-0.05, 0) is 13.0 Å². The first-order chi connectivity index (χ1) is 12.0. The molecule has 6 heteroatoms. The third-order valence-corrected chi connectivity index (χ3v) is 3.99. The summed E-state index contributed by atoms with van der Waals surface area (Å²) in [6.45, 7) is 1.96. The van der Waals surface area contributed by atoms with Gasteiger partial charge in [0, 0.05) is 28.9 Å². The van der Waals surface area contributed by atoms with Crippen LogP contribution in [0, 0.1) is 0 Å². The minimum Gasteiger partial charge on any atom is -0.463 e. The predicted octanol–water partition coefficient (Wildman–Crippen LogP) is 1.76. The average Bonchev–Trinajstić information content (AvgIpc) is 2.62. The molecule has 1 aliphatic rings. The van der Waals surface area contributed by atoms with Gasteiger partial charge in [-0.1, -0.05) is 36.4 Å². The molecule has 25 heavy (non-hydrogen) atoms. The topological polar surface area (TPSA) is 98.5 Å². The quantitative estimate of drug-likeness (QED) is 0.543. The summed E-state index contributed by atoms with van der Waals surface area (Å²) in [4.78, 5) is 36.8. The monoisotopic (exact) mass is 338 g/mol. The zero-order valence-corrected chi connectivity index (χ0v) is 13.7. The SMILES string of the molecule is C[C@@H](N)C(=O)OCCNc1cccc2c1C(=O)c1ccccc1C2=O. The van der Waals surface area contributed by atoms with Crippen LogP contribution in [0.5, 0.6) is 0 Å². The Hall–Kier alpha value is -2.99. The van der Waals surface area contributed by atoms with Gasteiger partial charge in [0.05, 0.1) is 5.56 Å². The van der Waals surface area contributed by atoms with Crippen molar-refractivity contribution in [2.24, 2.45) is 5.73 Å². The first-order valence-corrected chi connectivity index (χ1v) is 7.98. The highest BCUT2D eigenvalue weighted by atomic mass is 16.5. The largest absolute Gasteiger partial charge is 0.463 e. The molecule has 1 aliphatic carbocycles. The molecule has 0 bridgehead atoms. The van der Waals surface area contributed by atoms with Gasteiger partial charge in [-0.25, -0.2) is 0 Å². The van der Waals surface area contributed by atoms with Crippen molar-refractivity contribution < 1.29 is 19.1 Å². The molecule has 0 heterocycles. The maximum Gasteiger partial charge on any atom is 0.322 e. The summed E-state index contributed by atoms with van der Waals surface area (Å²) >= 11 is 0. The molecule has 0 fully saturated rings. The molecule has 2 aromatic carbocycles. The molecule has 128 valence electrons. The summed E-state index contributed by atoms with van der Waals surface area (Å²) in [7, 11) is 0. The zero-order chi connectivity index (χ0) is 18.0. The Morgan fingerprint density at radius 3 is 2.36 bits per heavy atom. The van der Waals surface area contributed by atoms with Crippen molar-refractivity contribution in [1.29, 1.82) is 0 Å². The van der Waals surface area contributed by atoms with E-state index >= 15 is 0 Å². The van der Waals surface area contributed by atoms with Gasteiger partial charge in [-0.2, -0.15) is 0 Å². The van der Waals surface area contributed by atoms with Gasteiger partial charge >= 0.3 is 5.97 Å². The van der Waals surface area contributed by atoms with Gasteiger partial charge in [0.1, 0.15) is 12.6 Å². The minimum absolute atomic E-state index is 0.114. The molecule has 3 N–H and O–H groups in total. The van der Waals surface area contributed by atoms with Crippen molar-refractivity contribution >= 4 is 23.2 Å². The number of carbonyl (C=O) groups is 3. The molecule has 0 saturated heterocycles. The van der Waals surface area contributed by atoms with E-state index in [2.05, 4.69) is 5.32 Å². The Morgan fingerprint density at radius 2 is 1.68 bits per heavy atom.